The van der Waals surface area contributed by atoms with Crippen molar-refractivity contribution < 1.29 is 4.79 Å². The molecular weight excluding hydrogens is 434 g/mol. The highest BCUT2D eigenvalue weighted by molar-refractivity contribution is 5.82. The second-order valence-electron chi connectivity index (χ2n) is 9.97. The lowest BCUT2D eigenvalue weighted by molar-refractivity contribution is -0.124. The van der Waals surface area contributed by atoms with Crippen LogP contribution in [0.1, 0.15) is 56.6 Å². The number of hydrogen-bond donors (Lipinski definition) is 2. The highest BCUT2D eigenvalue weighted by Gasteiger charge is 2.23. The molecule has 0 aromatic heterocycles. The molecule has 0 radical (unpaired) electrons. The SMILES string of the molecule is CCC/C=C(\C=C/Cc1ccc(CN2CCN(C)CC2)cc1)C[C@@H](C#N)NC(=O)[C@@H]1CCCCN1. The molecule has 2 N–H and O–H groups in total. The summed E-state index contributed by atoms with van der Waals surface area (Å²) in [5.74, 6) is -0.0493. The maximum Gasteiger partial charge on any atom is 0.238 e. The predicted molar refractivity (Wildman–Crippen MR) is 143 cm³/mol. The largest absolute Gasteiger partial charge is 0.339 e. The number of nitriles is 1. The van der Waals surface area contributed by atoms with E-state index in [1.807, 2.05) is 0 Å². The van der Waals surface area contributed by atoms with Crippen molar-refractivity contribution in [1.82, 2.24) is 20.4 Å². The number of piperazine rings is 1. The number of carbonyl (C=O) groups excluding carboxylic acids is 1. The van der Waals surface area contributed by atoms with E-state index in [0.717, 1.165) is 83.4 Å². The molecule has 1 aromatic carbocycles. The Balaban J connectivity index is 1.50. The lowest BCUT2D eigenvalue weighted by Gasteiger charge is -2.32. The predicted octanol–water partition coefficient (Wildman–Crippen LogP) is 3.80. The van der Waals surface area contributed by atoms with Crippen LogP contribution in [-0.2, 0) is 17.8 Å². The summed E-state index contributed by atoms with van der Waals surface area (Å²) in [5.41, 5.74) is 3.76. The van der Waals surface area contributed by atoms with Gasteiger partial charge in [0.15, 0.2) is 0 Å². The number of rotatable bonds is 11. The zero-order chi connectivity index (χ0) is 24.9. The third kappa shape index (κ3) is 9.60. The van der Waals surface area contributed by atoms with Crippen LogP contribution < -0.4 is 10.6 Å². The molecule has 35 heavy (non-hydrogen) atoms. The summed E-state index contributed by atoms with van der Waals surface area (Å²) in [4.78, 5) is 17.5. The molecule has 2 aliphatic heterocycles. The molecule has 0 bridgehead atoms. The minimum absolute atomic E-state index is 0.0493. The van der Waals surface area contributed by atoms with Crippen LogP contribution >= 0.6 is 0 Å². The van der Waals surface area contributed by atoms with Gasteiger partial charge in [-0.1, -0.05) is 62.3 Å². The molecule has 0 unspecified atom stereocenters. The third-order valence-corrected chi connectivity index (χ3v) is 6.94. The fraction of sp³-hybridized carbons (Fsp3) is 0.586. The molecule has 2 fully saturated rings. The zero-order valence-corrected chi connectivity index (χ0v) is 21.6. The van der Waals surface area contributed by atoms with Gasteiger partial charge >= 0.3 is 0 Å². The summed E-state index contributed by atoms with van der Waals surface area (Å²) in [6.07, 6.45) is 12.9. The van der Waals surface area contributed by atoms with E-state index in [9.17, 15) is 10.1 Å². The van der Waals surface area contributed by atoms with Gasteiger partial charge in [0.2, 0.25) is 5.91 Å². The van der Waals surface area contributed by atoms with Crippen molar-refractivity contribution in [3.8, 4) is 6.07 Å². The molecule has 6 heteroatoms. The first-order valence-electron chi connectivity index (χ1n) is 13.3. The average Bonchev–Trinajstić information content (AvgIpc) is 2.89. The Morgan fingerprint density at radius 2 is 1.94 bits per heavy atom. The number of amides is 1. The molecule has 1 amide bonds. The molecular formula is C29H43N5O. The highest BCUT2D eigenvalue weighted by atomic mass is 16.2. The normalized spacial score (nSPS) is 21.1. The van der Waals surface area contributed by atoms with Crippen molar-refractivity contribution in [1.29, 1.82) is 5.26 Å². The summed E-state index contributed by atoms with van der Waals surface area (Å²) >= 11 is 0. The maximum atomic E-state index is 12.6. The number of nitrogens with one attached hydrogen (secondary N) is 2. The molecule has 0 aliphatic carbocycles. The Kier molecular flexibility index (Phi) is 11.5. The molecule has 6 nitrogen and oxygen atoms in total. The first-order chi connectivity index (χ1) is 17.1. The van der Waals surface area contributed by atoms with Crippen LogP contribution in [0, 0.1) is 11.3 Å². The maximum absolute atomic E-state index is 12.6. The van der Waals surface area contributed by atoms with Crippen LogP contribution in [0.15, 0.2) is 48.1 Å². The van der Waals surface area contributed by atoms with Crippen LogP contribution in [0.5, 0.6) is 0 Å². The van der Waals surface area contributed by atoms with E-state index in [2.05, 4.69) is 83.0 Å². The van der Waals surface area contributed by atoms with Gasteiger partial charge in [0.05, 0.1) is 12.1 Å². The minimum atomic E-state index is -0.507. The third-order valence-electron chi connectivity index (χ3n) is 6.94. The summed E-state index contributed by atoms with van der Waals surface area (Å²) < 4.78 is 0. The summed E-state index contributed by atoms with van der Waals surface area (Å²) in [6, 6.07) is 10.5. The first-order valence-corrected chi connectivity index (χ1v) is 13.3. The van der Waals surface area contributed by atoms with E-state index < -0.39 is 6.04 Å². The molecule has 2 saturated heterocycles. The van der Waals surface area contributed by atoms with Crippen LogP contribution in [0.3, 0.4) is 0 Å². The Morgan fingerprint density at radius 3 is 2.60 bits per heavy atom. The minimum Gasteiger partial charge on any atom is -0.339 e. The van der Waals surface area contributed by atoms with Crippen molar-refractivity contribution in [2.24, 2.45) is 0 Å². The smallest absolute Gasteiger partial charge is 0.238 e. The van der Waals surface area contributed by atoms with Gasteiger partial charge in [-0.15, -0.1) is 0 Å². The molecule has 190 valence electrons. The Bertz CT molecular complexity index is 871. The van der Waals surface area contributed by atoms with Crippen molar-refractivity contribution >= 4 is 5.91 Å². The number of unbranched alkanes of at least 4 members (excludes halogenated alkanes) is 1. The van der Waals surface area contributed by atoms with Crippen molar-refractivity contribution in [3.63, 3.8) is 0 Å². The van der Waals surface area contributed by atoms with E-state index in [-0.39, 0.29) is 11.9 Å². The monoisotopic (exact) mass is 477 g/mol. The number of benzene rings is 1. The number of carbonyl (C=O) groups is 1. The van der Waals surface area contributed by atoms with Gasteiger partial charge < -0.3 is 15.5 Å². The summed E-state index contributed by atoms with van der Waals surface area (Å²) in [6.45, 7) is 8.60. The molecule has 2 atom stereocenters. The van der Waals surface area contributed by atoms with Gasteiger partial charge in [-0.05, 0) is 56.0 Å². The summed E-state index contributed by atoms with van der Waals surface area (Å²) in [7, 11) is 2.19. The fourth-order valence-corrected chi connectivity index (χ4v) is 4.65. The highest BCUT2D eigenvalue weighted by Crippen LogP contribution is 2.14. The average molecular weight is 478 g/mol. The van der Waals surface area contributed by atoms with E-state index in [1.54, 1.807) is 0 Å². The van der Waals surface area contributed by atoms with Gasteiger partial charge in [-0.3, -0.25) is 9.69 Å². The molecule has 1 aromatic rings. The topological polar surface area (TPSA) is 71.4 Å². The molecule has 2 aliphatic rings. The second kappa shape index (κ2) is 14.8. The molecule has 3 rings (SSSR count). The van der Waals surface area contributed by atoms with Crippen molar-refractivity contribution in [2.45, 2.75) is 70.5 Å². The number of likely N-dealkylation sites (N-methyl/N-ethyl adjacent to an activating group) is 1. The van der Waals surface area contributed by atoms with Crippen LogP contribution in [0.2, 0.25) is 0 Å². The lowest BCUT2D eigenvalue weighted by atomic mass is 10.0. The number of nitrogens with zero attached hydrogens (tertiary/aromatic N) is 3. The number of allylic oxidation sites excluding steroid dienone is 3. The second-order valence-corrected chi connectivity index (χ2v) is 9.97. The van der Waals surface area contributed by atoms with Gasteiger partial charge in [0.25, 0.3) is 0 Å². The van der Waals surface area contributed by atoms with E-state index in [0.29, 0.717) is 6.42 Å². The molecule has 0 spiro atoms. The number of hydrogen-bond acceptors (Lipinski definition) is 5. The van der Waals surface area contributed by atoms with Gasteiger partial charge in [-0.2, -0.15) is 5.26 Å². The van der Waals surface area contributed by atoms with Gasteiger partial charge in [-0.25, -0.2) is 0 Å². The fourth-order valence-electron chi connectivity index (χ4n) is 4.65. The van der Waals surface area contributed by atoms with E-state index in [1.165, 1.54) is 11.1 Å². The summed E-state index contributed by atoms with van der Waals surface area (Å²) in [5, 5.41) is 15.9. The van der Waals surface area contributed by atoms with Crippen LogP contribution in [0.4, 0.5) is 0 Å². The van der Waals surface area contributed by atoms with Crippen molar-refractivity contribution in [3.05, 3.63) is 59.2 Å². The van der Waals surface area contributed by atoms with Crippen molar-refractivity contribution in [2.75, 3.05) is 39.8 Å². The standard InChI is InChI=1S/C29H43N5O/c1-3-4-8-25(21-27(22-30)32-29(35)28-11-5-6-16-31-28)10-7-9-24-12-14-26(15-13-24)23-34-19-17-33(2)18-20-34/h7-8,10,12-15,27-28,31H,3-6,9,11,16-21,23H2,1-2H3,(H,32,35)/b10-7-,25-8+/t27-,28-/m0/s1. The number of piperidine rings is 1. The molecule has 0 saturated carbocycles. The van der Waals surface area contributed by atoms with Crippen LogP contribution in [0.25, 0.3) is 0 Å². The van der Waals surface area contributed by atoms with Gasteiger partial charge in [0.1, 0.15) is 6.04 Å². The molecule has 2 heterocycles. The zero-order valence-electron chi connectivity index (χ0n) is 21.6. The Hall–Kier alpha value is -2.46. The van der Waals surface area contributed by atoms with E-state index in [4.69, 9.17) is 0 Å². The Morgan fingerprint density at radius 1 is 1.20 bits per heavy atom. The quantitative estimate of drug-likeness (QED) is 0.475. The van der Waals surface area contributed by atoms with Gasteiger partial charge in [0, 0.05) is 39.1 Å². The lowest BCUT2D eigenvalue weighted by Crippen LogP contribution is -2.49. The Labute approximate surface area is 212 Å². The van der Waals surface area contributed by atoms with E-state index >= 15 is 0 Å². The van der Waals surface area contributed by atoms with Crippen LogP contribution in [-0.4, -0.2) is 67.6 Å². The first kappa shape index (κ1) is 27.1.